The number of nitrogens with zero attached hydrogens (tertiary/aromatic N) is 1. The van der Waals surface area contributed by atoms with Gasteiger partial charge in [-0.25, -0.2) is 13.1 Å². The van der Waals surface area contributed by atoms with Crippen LogP contribution in [-0.2, 0) is 14.8 Å². The maximum atomic E-state index is 12.8. The maximum Gasteiger partial charge on any atom is 0.242 e. The van der Waals surface area contributed by atoms with Gasteiger partial charge in [-0.1, -0.05) is 13.3 Å². The number of nitrogens with one attached hydrogen (secondary N) is 2. The van der Waals surface area contributed by atoms with Crippen molar-refractivity contribution in [1.29, 1.82) is 0 Å². The Labute approximate surface area is 127 Å². The Bertz CT molecular complexity index is 464. The van der Waals surface area contributed by atoms with Crippen LogP contribution in [0.1, 0.15) is 45.4 Å². The van der Waals surface area contributed by atoms with Gasteiger partial charge in [-0.3, -0.25) is 4.79 Å². The fraction of sp³-hybridized carbons (Fsp3) is 0.929. The molecule has 0 radical (unpaired) electrons. The van der Waals surface area contributed by atoms with E-state index in [1.807, 2.05) is 4.90 Å². The molecule has 2 rings (SSSR count). The number of amides is 1. The number of carbonyl (C=O) groups excluding carboxylic acids is 1. The normalized spacial score (nSPS) is 28.0. The standard InChI is InChI=1S/C14H27N3O3S/c1-3-7-14(8-4-9-15-14)13(18)17-10-5-12(6-11-17)16-21(2,19)20/h12,15-16H,3-11H2,1-2H3. The number of hydrogen-bond acceptors (Lipinski definition) is 4. The third-order valence-corrected chi connectivity index (χ3v) is 5.25. The van der Waals surface area contributed by atoms with Gasteiger partial charge in [-0.2, -0.15) is 0 Å². The Morgan fingerprint density at radius 2 is 2.05 bits per heavy atom. The fourth-order valence-electron chi connectivity index (χ4n) is 3.54. The summed E-state index contributed by atoms with van der Waals surface area (Å²) >= 11 is 0. The summed E-state index contributed by atoms with van der Waals surface area (Å²) in [5, 5.41) is 3.41. The van der Waals surface area contributed by atoms with Crippen LogP contribution in [0.2, 0.25) is 0 Å². The number of piperidine rings is 1. The van der Waals surface area contributed by atoms with Crippen molar-refractivity contribution in [2.45, 2.75) is 57.0 Å². The molecule has 0 saturated carbocycles. The van der Waals surface area contributed by atoms with E-state index in [-0.39, 0.29) is 17.5 Å². The Kier molecular flexibility index (Phi) is 5.27. The van der Waals surface area contributed by atoms with Crippen molar-refractivity contribution in [3.05, 3.63) is 0 Å². The van der Waals surface area contributed by atoms with Crippen LogP contribution in [0, 0.1) is 0 Å². The Morgan fingerprint density at radius 3 is 2.52 bits per heavy atom. The third-order valence-electron chi connectivity index (χ3n) is 4.49. The summed E-state index contributed by atoms with van der Waals surface area (Å²) in [5.41, 5.74) is -0.369. The molecule has 21 heavy (non-hydrogen) atoms. The summed E-state index contributed by atoms with van der Waals surface area (Å²) in [7, 11) is -3.16. The average Bonchev–Trinajstić information content (AvgIpc) is 2.87. The van der Waals surface area contributed by atoms with E-state index in [4.69, 9.17) is 0 Å². The van der Waals surface area contributed by atoms with Gasteiger partial charge in [0.15, 0.2) is 0 Å². The van der Waals surface area contributed by atoms with Crippen molar-refractivity contribution in [2.24, 2.45) is 0 Å². The zero-order valence-electron chi connectivity index (χ0n) is 13.0. The molecular weight excluding hydrogens is 290 g/mol. The zero-order valence-corrected chi connectivity index (χ0v) is 13.8. The zero-order chi connectivity index (χ0) is 15.5. The fourth-order valence-corrected chi connectivity index (χ4v) is 4.38. The molecule has 2 aliphatic heterocycles. The van der Waals surface area contributed by atoms with Gasteiger partial charge >= 0.3 is 0 Å². The van der Waals surface area contributed by atoms with Gasteiger partial charge in [0.05, 0.1) is 11.8 Å². The molecule has 7 heteroatoms. The van der Waals surface area contributed by atoms with Crippen molar-refractivity contribution < 1.29 is 13.2 Å². The van der Waals surface area contributed by atoms with E-state index in [2.05, 4.69) is 17.0 Å². The van der Waals surface area contributed by atoms with E-state index < -0.39 is 10.0 Å². The van der Waals surface area contributed by atoms with E-state index in [1.165, 1.54) is 6.26 Å². The van der Waals surface area contributed by atoms with Gasteiger partial charge in [0.2, 0.25) is 15.9 Å². The lowest BCUT2D eigenvalue weighted by Crippen LogP contribution is -2.57. The first-order chi connectivity index (χ1) is 9.86. The molecule has 1 atom stereocenters. The first kappa shape index (κ1) is 16.7. The summed E-state index contributed by atoms with van der Waals surface area (Å²) in [5.74, 6) is 0.208. The lowest BCUT2D eigenvalue weighted by atomic mass is 9.89. The lowest BCUT2D eigenvalue weighted by molar-refractivity contribution is -0.139. The van der Waals surface area contributed by atoms with E-state index in [1.54, 1.807) is 0 Å². The minimum Gasteiger partial charge on any atom is -0.341 e. The summed E-state index contributed by atoms with van der Waals surface area (Å²) in [6, 6.07) is -0.0392. The number of sulfonamides is 1. The molecule has 0 aromatic rings. The van der Waals surface area contributed by atoms with Crippen LogP contribution in [0.15, 0.2) is 0 Å². The molecule has 2 fully saturated rings. The van der Waals surface area contributed by atoms with Gasteiger partial charge in [-0.15, -0.1) is 0 Å². The van der Waals surface area contributed by atoms with Crippen LogP contribution < -0.4 is 10.0 Å². The van der Waals surface area contributed by atoms with Gasteiger partial charge in [-0.05, 0) is 38.6 Å². The maximum absolute atomic E-state index is 12.8. The first-order valence-electron chi connectivity index (χ1n) is 7.88. The van der Waals surface area contributed by atoms with Crippen LogP contribution in [0.5, 0.6) is 0 Å². The van der Waals surface area contributed by atoms with E-state index in [0.717, 1.165) is 32.2 Å². The molecule has 2 aliphatic rings. The van der Waals surface area contributed by atoms with Crippen LogP contribution in [-0.4, -0.2) is 56.7 Å². The predicted octanol–water partition coefficient (Wildman–Crippen LogP) is 0.449. The molecule has 6 nitrogen and oxygen atoms in total. The Morgan fingerprint density at radius 1 is 1.38 bits per heavy atom. The molecule has 0 spiro atoms. The van der Waals surface area contributed by atoms with E-state index in [9.17, 15) is 13.2 Å². The van der Waals surface area contributed by atoms with Crippen LogP contribution in [0.4, 0.5) is 0 Å². The SMILES string of the molecule is CCCC1(C(=O)N2CCC(NS(C)(=O)=O)CC2)CCCN1. The van der Waals surface area contributed by atoms with Crippen molar-refractivity contribution in [3.63, 3.8) is 0 Å². The predicted molar refractivity (Wildman–Crippen MR) is 82.5 cm³/mol. The van der Waals surface area contributed by atoms with Crippen molar-refractivity contribution in [1.82, 2.24) is 14.9 Å². The minimum absolute atomic E-state index is 0.0392. The van der Waals surface area contributed by atoms with Gasteiger partial charge in [0.1, 0.15) is 0 Å². The molecule has 0 aliphatic carbocycles. The minimum atomic E-state index is -3.16. The number of hydrogen-bond donors (Lipinski definition) is 2. The van der Waals surface area contributed by atoms with Crippen molar-refractivity contribution in [3.8, 4) is 0 Å². The second-order valence-corrected chi connectivity index (χ2v) is 8.10. The molecule has 0 bridgehead atoms. The summed E-state index contributed by atoms with van der Waals surface area (Å²) in [6.07, 6.45) is 6.42. The first-order valence-corrected chi connectivity index (χ1v) is 9.77. The molecule has 1 amide bonds. The highest BCUT2D eigenvalue weighted by atomic mass is 32.2. The highest BCUT2D eigenvalue weighted by Gasteiger charge is 2.43. The summed E-state index contributed by atoms with van der Waals surface area (Å²) < 4.78 is 25.2. The van der Waals surface area contributed by atoms with Crippen LogP contribution in [0.3, 0.4) is 0 Å². The Hall–Kier alpha value is -0.660. The van der Waals surface area contributed by atoms with E-state index >= 15 is 0 Å². The number of carbonyl (C=O) groups is 1. The topological polar surface area (TPSA) is 78.5 Å². The summed E-state index contributed by atoms with van der Waals surface area (Å²) in [6.45, 7) is 4.30. The smallest absolute Gasteiger partial charge is 0.242 e. The molecule has 1 unspecified atom stereocenters. The van der Waals surface area contributed by atoms with Gasteiger partial charge in [0, 0.05) is 19.1 Å². The number of likely N-dealkylation sites (tertiary alicyclic amines) is 1. The Balaban J connectivity index is 1.93. The number of rotatable bonds is 5. The second-order valence-electron chi connectivity index (χ2n) is 6.32. The molecule has 2 N–H and O–H groups in total. The quantitative estimate of drug-likeness (QED) is 0.772. The van der Waals surface area contributed by atoms with Crippen LogP contribution in [0.25, 0.3) is 0 Å². The third kappa shape index (κ3) is 4.17. The van der Waals surface area contributed by atoms with Gasteiger partial charge < -0.3 is 10.2 Å². The largest absolute Gasteiger partial charge is 0.341 e. The summed E-state index contributed by atoms with van der Waals surface area (Å²) in [4.78, 5) is 14.7. The van der Waals surface area contributed by atoms with Gasteiger partial charge in [0.25, 0.3) is 0 Å². The van der Waals surface area contributed by atoms with Crippen molar-refractivity contribution in [2.75, 3.05) is 25.9 Å². The molecule has 2 heterocycles. The monoisotopic (exact) mass is 317 g/mol. The lowest BCUT2D eigenvalue weighted by Gasteiger charge is -2.38. The molecule has 0 aromatic heterocycles. The molecular formula is C14H27N3O3S. The molecule has 0 aromatic carbocycles. The van der Waals surface area contributed by atoms with E-state index in [0.29, 0.717) is 25.9 Å². The highest BCUT2D eigenvalue weighted by Crippen LogP contribution is 2.28. The molecule has 2 saturated heterocycles. The average molecular weight is 317 g/mol. The second kappa shape index (κ2) is 6.62. The van der Waals surface area contributed by atoms with Crippen molar-refractivity contribution >= 4 is 15.9 Å². The van der Waals surface area contributed by atoms with Crippen LogP contribution >= 0.6 is 0 Å². The highest BCUT2D eigenvalue weighted by molar-refractivity contribution is 7.88. The molecule has 122 valence electrons.